The van der Waals surface area contributed by atoms with Crippen LogP contribution in [-0.4, -0.2) is 23.0 Å². The Bertz CT molecular complexity index is 663. The maximum atomic E-state index is 12.6. The molecule has 0 aromatic heterocycles. The van der Waals surface area contributed by atoms with Crippen molar-refractivity contribution in [2.24, 2.45) is 28.8 Å². The number of nitrogens with zero attached hydrogens (tertiary/aromatic N) is 2. The molecule has 5 heteroatoms. The van der Waals surface area contributed by atoms with Crippen molar-refractivity contribution in [1.29, 1.82) is 0 Å². The molecule has 1 aromatic carbocycles. The maximum Gasteiger partial charge on any atom is 0.254 e. The van der Waals surface area contributed by atoms with Crippen molar-refractivity contribution in [2.45, 2.75) is 12.8 Å². The highest BCUT2D eigenvalue weighted by atomic mass is 35.5. The van der Waals surface area contributed by atoms with Crippen LogP contribution in [0.25, 0.3) is 0 Å². The molecule has 112 valence electrons. The number of rotatable bonds is 2. The van der Waals surface area contributed by atoms with Crippen molar-refractivity contribution >= 4 is 29.6 Å². The summed E-state index contributed by atoms with van der Waals surface area (Å²) in [5.41, 5.74) is 0.806. The lowest BCUT2D eigenvalue weighted by Gasteiger charge is -2.37. The van der Waals surface area contributed by atoms with Gasteiger partial charge in [-0.05, 0) is 42.4 Å². The van der Waals surface area contributed by atoms with Crippen LogP contribution in [0.3, 0.4) is 0 Å². The number of allylic oxidation sites excluding steroid dienone is 2. The lowest BCUT2D eigenvalue weighted by Crippen LogP contribution is -2.38. The third-order valence-corrected chi connectivity index (χ3v) is 5.18. The number of carbonyl (C=O) groups excluding carboxylic acids is 2. The predicted octanol–water partition coefficient (Wildman–Crippen LogP) is 2.87. The molecule has 2 amide bonds. The van der Waals surface area contributed by atoms with E-state index in [1.807, 2.05) is 0 Å². The summed E-state index contributed by atoms with van der Waals surface area (Å²) >= 11 is 5.84. The first-order chi connectivity index (χ1) is 10.6. The molecule has 1 aromatic rings. The number of hydrogen-bond acceptors (Lipinski definition) is 3. The van der Waals surface area contributed by atoms with Crippen LogP contribution >= 0.6 is 11.6 Å². The Morgan fingerprint density at radius 1 is 1.00 bits per heavy atom. The predicted molar refractivity (Wildman–Crippen MR) is 83.2 cm³/mol. The molecule has 1 saturated carbocycles. The van der Waals surface area contributed by atoms with Crippen molar-refractivity contribution in [1.82, 2.24) is 5.01 Å². The molecule has 2 fully saturated rings. The monoisotopic (exact) mass is 314 g/mol. The van der Waals surface area contributed by atoms with Crippen LogP contribution in [0.2, 0.25) is 5.02 Å². The molecule has 0 spiro atoms. The van der Waals surface area contributed by atoms with E-state index in [0.29, 0.717) is 5.02 Å². The lowest BCUT2D eigenvalue weighted by atomic mass is 9.63. The van der Waals surface area contributed by atoms with Crippen LogP contribution in [0.4, 0.5) is 0 Å². The second-order valence-electron chi connectivity index (χ2n) is 6.13. The third-order valence-electron chi connectivity index (χ3n) is 4.93. The summed E-state index contributed by atoms with van der Waals surface area (Å²) in [6.45, 7) is 0. The number of imide groups is 1. The number of carbonyl (C=O) groups is 2. The van der Waals surface area contributed by atoms with Crippen molar-refractivity contribution in [3.8, 4) is 0 Å². The molecular formula is C17H15ClN2O2. The van der Waals surface area contributed by atoms with Crippen LogP contribution in [0.1, 0.15) is 18.4 Å². The molecule has 4 atom stereocenters. The molecule has 5 rings (SSSR count). The summed E-state index contributed by atoms with van der Waals surface area (Å²) in [5.74, 6) is -0.333. The van der Waals surface area contributed by atoms with Gasteiger partial charge >= 0.3 is 0 Å². The molecule has 1 heterocycles. The highest BCUT2D eigenvalue weighted by Gasteiger charge is 2.56. The Morgan fingerprint density at radius 3 is 2.05 bits per heavy atom. The number of amides is 2. The van der Waals surface area contributed by atoms with Crippen molar-refractivity contribution in [3.63, 3.8) is 0 Å². The highest BCUT2D eigenvalue weighted by molar-refractivity contribution is 6.30. The maximum absolute atomic E-state index is 12.6. The van der Waals surface area contributed by atoms with Crippen molar-refractivity contribution in [3.05, 3.63) is 47.0 Å². The average molecular weight is 315 g/mol. The highest BCUT2D eigenvalue weighted by Crippen LogP contribution is 2.49. The summed E-state index contributed by atoms with van der Waals surface area (Å²) in [5, 5.41) is 5.85. The fraction of sp³-hybridized carbons (Fsp3) is 0.353. The molecule has 4 aliphatic rings. The number of hydrogen-bond donors (Lipinski definition) is 0. The van der Waals surface area contributed by atoms with Gasteiger partial charge in [-0.25, -0.2) is 0 Å². The van der Waals surface area contributed by atoms with E-state index in [0.717, 1.165) is 23.4 Å². The molecule has 1 aliphatic heterocycles. The van der Waals surface area contributed by atoms with Gasteiger partial charge in [-0.2, -0.15) is 10.1 Å². The van der Waals surface area contributed by atoms with Gasteiger partial charge in [0.2, 0.25) is 0 Å². The van der Waals surface area contributed by atoms with Crippen molar-refractivity contribution < 1.29 is 9.59 Å². The fourth-order valence-electron chi connectivity index (χ4n) is 3.85. The number of halogens is 1. The minimum Gasteiger partial charge on any atom is -0.272 e. The number of benzene rings is 1. The topological polar surface area (TPSA) is 49.7 Å². The van der Waals surface area contributed by atoms with Gasteiger partial charge in [0.1, 0.15) is 0 Å². The van der Waals surface area contributed by atoms with E-state index in [-0.39, 0.29) is 35.5 Å². The molecular weight excluding hydrogens is 300 g/mol. The zero-order chi connectivity index (χ0) is 15.3. The van der Waals surface area contributed by atoms with Crippen molar-refractivity contribution in [2.75, 3.05) is 0 Å². The zero-order valence-corrected chi connectivity index (χ0v) is 12.6. The van der Waals surface area contributed by atoms with Gasteiger partial charge < -0.3 is 0 Å². The molecule has 22 heavy (non-hydrogen) atoms. The van der Waals surface area contributed by atoms with Gasteiger partial charge in [-0.1, -0.05) is 35.9 Å². The molecule has 0 unspecified atom stereocenters. The fourth-order valence-corrected chi connectivity index (χ4v) is 3.97. The van der Waals surface area contributed by atoms with E-state index < -0.39 is 0 Å². The van der Waals surface area contributed by atoms with E-state index in [9.17, 15) is 9.59 Å². The third kappa shape index (κ3) is 2.02. The molecule has 0 radical (unpaired) electrons. The smallest absolute Gasteiger partial charge is 0.254 e. The number of fused-ring (bicyclic) bond motifs is 1. The van der Waals surface area contributed by atoms with Gasteiger partial charge in [0, 0.05) is 5.02 Å². The van der Waals surface area contributed by atoms with Gasteiger partial charge in [0.25, 0.3) is 11.8 Å². The molecule has 4 nitrogen and oxygen atoms in total. The standard InChI is InChI=1S/C17H15ClN2O2/c18-13-7-1-10(2-8-13)9-19-20-16(21)14-11-3-4-12(6-5-11)15(14)17(20)22/h1-4,7-9,11-12,14-15H,5-6H2/b19-9-/t11-,12-,14+,15+/m0/s1. The Hall–Kier alpha value is -1.94. The Morgan fingerprint density at radius 2 is 1.55 bits per heavy atom. The van der Waals surface area contributed by atoms with Gasteiger partial charge in [-0.3, -0.25) is 9.59 Å². The first-order valence-corrected chi connectivity index (χ1v) is 7.88. The van der Waals surface area contributed by atoms with Crippen LogP contribution in [0, 0.1) is 23.7 Å². The normalized spacial score (nSPS) is 33.0. The van der Waals surface area contributed by atoms with Gasteiger partial charge in [0.15, 0.2) is 0 Å². The quantitative estimate of drug-likeness (QED) is 0.479. The van der Waals surface area contributed by atoms with Crippen LogP contribution in [0.5, 0.6) is 0 Å². The lowest BCUT2D eigenvalue weighted by molar-refractivity contribution is -0.140. The van der Waals surface area contributed by atoms with E-state index in [1.165, 1.54) is 0 Å². The second-order valence-corrected chi connectivity index (χ2v) is 6.56. The summed E-state index contributed by atoms with van der Waals surface area (Å²) in [7, 11) is 0. The van der Waals surface area contributed by atoms with Gasteiger partial charge in [0.05, 0.1) is 18.1 Å². The average Bonchev–Trinajstić information content (AvgIpc) is 2.82. The second kappa shape index (κ2) is 5.06. The van der Waals surface area contributed by atoms with E-state index in [4.69, 9.17) is 11.6 Å². The summed E-state index contributed by atoms with van der Waals surface area (Å²) < 4.78 is 0. The van der Waals surface area contributed by atoms with Crippen LogP contribution in [-0.2, 0) is 9.59 Å². The first kappa shape index (κ1) is 13.7. The number of hydrazone groups is 1. The summed E-state index contributed by atoms with van der Waals surface area (Å²) in [4.78, 5) is 25.1. The molecule has 1 saturated heterocycles. The largest absolute Gasteiger partial charge is 0.272 e. The first-order valence-electron chi connectivity index (χ1n) is 7.51. The van der Waals surface area contributed by atoms with Gasteiger partial charge in [-0.15, -0.1) is 0 Å². The Kier molecular flexibility index (Phi) is 3.15. The Balaban J connectivity index is 1.60. The van der Waals surface area contributed by atoms with Crippen LogP contribution < -0.4 is 0 Å². The zero-order valence-electron chi connectivity index (χ0n) is 11.9. The summed E-state index contributed by atoms with van der Waals surface area (Å²) in [6.07, 6.45) is 7.74. The SMILES string of the molecule is O=C1[C@H]2[C@H](C(=O)N1/N=C\c1ccc(Cl)cc1)[C@H]1C=C[C@H]2CC1. The molecule has 3 aliphatic carbocycles. The summed E-state index contributed by atoms with van der Waals surface area (Å²) in [6, 6.07) is 7.10. The van der Waals surface area contributed by atoms with Crippen LogP contribution in [0.15, 0.2) is 41.5 Å². The van der Waals surface area contributed by atoms with E-state index in [1.54, 1.807) is 30.5 Å². The Labute approximate surface area is 133 Å². The van der Waals surface area contributed by atoms with E-state index >= 15 is 0 Å². The molecule has 2 bridgehead atoms. The molecule has 0 N–H and O–H groups in total. The minimum atomic E-state index is -0.210. The minimum absolute atomic E-state index is 0.153. The van der Waals surface area contributed by atoms with E-state index in [2.05, 4.69) is 17.3 Å².